The summed E-state index contributed by atoms with van der Waals surface area (Å²) in [5.74, 6) is -1.52. The van der Waals surface area contributed by atoms with Crippen LogP contribution in [0.3, 0.4) is 0 Å². The standard InChI is InChI=1S/C16H18N2O4S/c1-10-3-5-11(6-4-10)15-17-12(9-23-15)7-14(19)18-13(8-22-2)16(20)21/h3-6,9,13H,7-8H2,1-2H3,(H,18,19)(H,20,21). The van der Waals surface area contributed by atoms with Crippen LogP contribution in [0, 0.1) is 6.92 Å². The molecule has 1 amide bonds. The lowest BCUT2D eigenvalue weighted by molar-refractivity contribution is -0.143. The van der Waals surface area contributed by atoms with E-state index in [0.29, 0.717) is 5.69 Å². The zero-order valence-corrected chi connectivity index (χ0v) is 13.7. The lowest BCUT2D eigenvalue weighted by Gasteiger charge is -2.12. The van der Waals surface area contributed by atoms with Gasteiger partial charge in [0.25, 0.3) is 0 Å². The van der Waals surface area contributed by atoms with Crippen LogP contribution in [0.2, 0.25) is 0 Å². The second-order valence-corrected chi connectivity index (χ2v) is 5.96. The van der Waals surface area contributed by atoms with Crippen LogP contribution in [0.1, 0.15) is 11.3 Å². The molecule has 7 heteroatoms. The first kappa shape index (κ1) is 17.1. The molecule has 1 heterocycles. The van der Waals surface area contributed by atoms with E-state index in [1.54, 1.807) is 5.38 Å². The topological polar surface area (TPSA) is 88.5 Å². The van der Waals surface area contributed by atoms with E-state index in [1.165, 1.54) is 24.0 Å². The molecule has 0 bridgehead atoms. The van der Waals surface area contributed by atoms with Crippen molar-refractivity contribution < 1.29 is 19.4 Å². The van der Waals surface area contributed by atoms with Gasteiger partial charge in [-0.2, -0.15) is 0 Å². The molecule has 0 radical (unpaired) electrons. The summed E-state index contributed by atoms with van der Waals surface area (Å²) in [5.41, 5.74) is 2.78. The van der Waals surface area contributed by atoms with Gasteiger partial charge in [0.05, 0.1) is 18.7 Å². The minimum Gasteiger partial charge on any atom is -0.480 e. The number of hydrogen-bond donors (Lipinski definition) is 2. The molecule has 23 heavy (non-hydrogen) atoms. The summed E-state index contributed by atoms with van der Waals surface area (Å²) in [7, 11) is 1.39. The number of carboxylic acids is 1. The number of aliphatic carboxylic acids is 1. The lowest BCUT2D eigenvalue weighted by Crippen LogP contribution is -2.44. The van der Waals surface area contributed by atoms with Crippen LogP contribution in [-0.2, 0) is 20.7 Å². The van der Waals surface area contributed by atoms with Gasteiger partial charge in [-0.05, 0) is 6.92 Å². The first-order chi connectivity index (χ1) is 11.0. The molecular formula is C16H18N2O4S. The number of carboxylic acid groups (broad SMARTS) is 1. The van der Waals surface area contributed by atoms with E-state index in [-0.39, 0.29) is 13.0 Å². The largest absolute Gasteiger partial charge is 0.480 e. The number of aromatic nitrogens is 1. The Morgan fingerprint density at radius 1 is 1.35 bits per heavy atom. The van der Waals surface area contributed by atoms with Crippen molar-refractivity contribution in [1.29, 1.82) is 0 Å². The highest BCUT2D eigenvalue weighted by molar-refractivity contribution is 7.13. The maximum absolute atomic E-state index is 11.9. The quantitative estimate of drug-likeness (QED) is 0.807. The van der Waals surface area contributed by atoms with Crippen molar-refractivity contribution in [2.45, 2.75) is 19.4 Å². The fourth-order valence-corrected chi connectivity index (χ4v) is 2.79. The third-order valence-electron chi connectivity index (χ3n) is 3.16. The van der Waals surface area contributed by atoms with Crippen LogP contribution in [-0.4, -0.2) is 41.7 Å². The number of methoxy groups -OCH3 is 1. The number of carbonyl (C=O) groups excluding carboxylic acids is 1. The molecule has 0 aliphatic heterocycles. The molecule has 1 unspecified atom stereocenters. The highest BCUT2D eigenvalue weighted by atomic mass is 32.1. The van der Waals surface area contributed by atoms with Crippen molar-refractivity contribution in [2.24, 2.45) is 0 Å². The molecule has 6 nitrogen and oxygen atoms in total. The van der Waals surface area contributed by atoms with E-state index in [1.807, 2.05) is 31.2 Å². The molecule has 0 aliphatic carbocycles. The number of amides is 1. The molecule has 2 aromatic rings. The van der Waals surface area contributed by atoms with E-state index in [9.17, 15) is 9.59 Å². The van der Waals surface area contributed by atoms with E-state index < -0.39 is 17.9 Å². The van der Waals surface area contributed by atoms with Crippen LogP contribution in [0.5, 0.6) is 0 Å². The minimum absolute atomic E-state index is 0.0376. The monoisotopic (exact) mass is 334 g/mol. The number of hydrogen-bond acceptors (Lipinski definition) is 5. The lowest BCUT2D eigenvalue weighted by atomic mass is 10.2. The summed E-state index contributed by atoms with van der Waals surface area (Å²) in [6.45, 7) is 1.94. The van der Waals surface area contributed by atoms with Crippen LogP contribution in [0.15, 0.2) is 29.6 Å². The molecule has 2 N–H and O–H groups in total. The van der Waals surface area contributed by atoms with Crippen molar-refractivity contribution in [3.05, 3.63) is 40.9 Å². The Labute approximate surface area is 138 Å². The Morgan fingerprint density at radius 3 is 2.65 bits per heavy atom. The highest BCUT2D eigenvalue weighted by Crippen LogP contribution is 2.24. The van der Waals surface area contributed by atoms with Gasteiger partial charge in [-0.1, -0.05) is 29.8 Å². The SMILES string of the molecule is COCC(NC(=O)Cc1csc(-c2ccc(C)cc2)n1)C(=O)O. The Bertz CT molecular complexity index is 682. The summed E-state index contributed by atoms with van der Waals surface area (Å²) >= 11 is 1.45. The van der Waals surface area contributed by atoms with E-state index in [0.717, 1.165) is 10.6 Å². The number of nitrogens with one attached hydrogen (secondary N) is 1. The fraction of sp³-hybridized carbons (Fsp3) is 0.312. The van der Waals surface area contributed by atoms with Gasteiger partial charge in [0.2, 0.25) is 5.91 Å². The molecule has 0 saturated heterocycles. The first-order valence-corrected chi connectivity index (χ1v) is 7.90. The van der Waals surface area contributed by atoms with Crippen LogP contribution >= 0.6 is 11.3 Å². The van der Waals surface area contributed by atoms with Gasteiger partial charge in [0.1, 0.15) is 5.01 Å². The summed E-state index contributed by atoms with van der Waals surface area (Å²) in [5, 5.41) is 14.0. The molecule has 0 fully saturated rings. The predicted octanol–water partition coefficient (Wildman–Crippen LogP) is 1.88. The molecule has 0 saturated carbocycles. The van der Waals surface area contributed by atoms with Crippen molar-refractivity contribution in [1.82, 2.24) is 10.3 Å². The second-order valence-electron chi connectivity index (χ2n) is 5.10. The summed E-state index contributed by atoms with van der Waals surface area (Å²) in [6, 6.07) is 6.92. The van der Waals surface area contributed by atoms with Gasteiger partial charge < -0.3 is 15.2 Å². The number of benzene rings is 1. The van der Waals surface area contributed by atoms with Crippen molar-refractivity contribution >= 4 is 23.2 Å². The third-order valence-corrected chi connectivity index (χ3v) is 4.10. The number of aryl methyl sites for hydroxylation is 1. The molecule has 1 aromatic heterocycles. The summed E-state index contributed by atoms with van der Waals surface area (Å²) in [6.07, 6.45) is 0.0376. The minimum atomic E-state index is -1.13. The van der Waals surface area contributed by atoms with Gasteiger partial charge in [-0.25, -0.2) is 9.78 Å². The first-order valence-electron chi connectivity index (χ1n) is 7.02. The maximum atomic E-state index is 11.9. The maximum Gasteiger partial charge on any atom is 0.328 e. The number of carbonyl (C=O) groups is 2. The normalized spacial score (nSPS) is 11.9. The Kier molecular flexibility index (Phi) is 5.84. The summed E-state index contributed by atoms with van der Waals surface area (Å²) in [4.78, 5) is 27.3. The second kappa shape index (κ2) is 7.85. The molecular weight excluding hydrogens is 316 g/mol. The Hall–Kier alpha value is -2.25. The molecule has 1 aromatic carbocycles. The van der Waals surface area contributed by atoms with Crippen molar-refractivity contribution in [3.8, 4) is 10.6 Å². The molecule has 2 rings (SSSR count). The smallest absolute Gasteiger partial charge is 0.328 e. The highest BCUT2D eigenvalue weighted by Gasteiger charge is 2.20. The number of nitrogens with zero attached hydrogens (tertiary/aromatic N) is 1. The predicted molar refractivity (Wildman–Crippen MR) is 87.4 cm³/mol. The van der Waals surface area contributed by atoms with Gasteiger partial charge in [0, 0.05) is 18.1 Å². The van der Waals surface area contributed by atoms with Crippen molar-refractivity contribution in [2.75, 3.05) is 13.7 Å². The van der Waals surface area contributed by atoms with Crippen LogP contribution in [0.25, 0.3) is 10.6 Å². The van der Waals surface area contributed by atoms with Gasteiger partial charge >= 0.3 is 5.97 Å². The average molecular weight is 334 g/mol. The van der Waals surface area contributed by atoms with E-state index >= 15 is 0 Å². The number of rotatable bonds is 7. The van der Waals surface area contributed by atoms with Crippen LogP contribution < -0.4 is 5.32 Å². The molecule has 0 spiro atoms. The number of thiazole rings is 1. The zero-order chi connectivity index (χ0) is 16.8. The van der Waals surface area contributed by atoms with Crippen molar-refractivity contribution in [3.63, 3.8) is 0 Å². The van der Waals surface area contributed by atoms with Gasteiger partial charge in [0.15, 0.2) is 6.04 Å². The Morgan fingerprint density at radius 2 is 2.04 bits per heavy atom. The summed E-state index contributed by atoms with van der Waals surface area (Å²) < 4.78 is 4.78. The van der Waals surface area contributed by atoms with E-state index in [2.05, 4.69) is 10.3 Å². The van der Waals surface area contributed by atoms with Gasteiger partial charge in [-0.3, -0.25) is 4.79 Å². The molecule has 122 valence electrons. The Balaban J connectivity index is 1.99. The average Bonchev–Trinajstić information content (AvgIpc) is 2.95. The molecule has 1 atom stereocenters. The fourth-order valence-electron chi connectivity index (χ4n) is 1.97. The third kappa shape index (κ3) is 4.87. The van der Waals surface area contributed by atoms with E-state index in [4.69, 9.17) is 9.84 Å². The zero-order valence-electron chi connectivity index (χ0n) is 12.9. The van der Waals surface area contributed by atoms with Gasteiger partial charge in [-0.15, -0.1) is 11.3 Å². The number of ether oxygens (including phenoxy) is 1. The van der Waals surface area contributed by atoms with Crippen LogP contribution in [0.4, 0.5) is 0 Å². The molecule has 0 aliphatic rings.